The van der Waals surface area contributed by atoms with Crippen molar-refractivity contribution in [3.63, 3.8) is 0 Å². The van der Waals surface area contributed by atoms with E-state index in [-0.39, 0.29) is 11.2 Å². The third-order valence-corrected chi connectivity index (χ3v) is 3.72. The van der Waals surface area contributed by atoms with Crippen molar-refractivity contribution in [3.8, 4) is 0 Å². The van der Waals surface area contributed by atoms with Gasteiger partial charge in [-0.15, -0.1) is 0 Å². The highest BCUT2D eigenvalue weighted by molar-refractivity contribution is 6.00. The van der Waals surface area contributed by atoms with Crippen LogP contribution < -0.4 is 5.73 Å². The van der Waals surface area contributed by atoms with Gasteiger partial charge < -0.3 is 10.2 Å². The zero-order valence-electron chi connectivity index (χ0n) is 9.58. The summed E-state index contributed by atoms with van der Waals surface area (Å²) < 4.78 is 4.99. The third kappa shape index (κ3) is 2.05. The molecule has 2 rings (SSSR count). The first-order valence-electron chi connectivity index (χ1n) is 6.06. The van der Waals surface area contributed by atoms with Crippen molar-refractivity contribution >= 4 is 5.78 Å². The third-order valence-electron chi connectivity index (χ3n) is 3.72. The minimum atomic E-state index is -0.333. The highest BCUT2D eigenvalue weighted by Crippen LogP contribution is 2.37. The Kier molecular flexibility index (Phi) is 3.44. The number of carbonyl (C=O) groups excluding carboxylic acids is 1. The molecule has 0 aromatic carbocycles. The van der Waals surface area contributed by atoms with Gasteiger partial charge in [-0.2, -0.15) is 0 Å². The van der Waals surface area contributed by atoms with Gasteiger partial charge >= 0.3 is 0 Å². The molecule has 0 spiro atoms. The molecule has 1 heterocycles. The van der Waals surface area contributed by atoms with E-state index in [9.17, 15) is 4.79 Å². The minimum Gasteiger partial charge on any atom is -0.472 e. The number of nitrogens with two attached hydrogens (primary N) is 1. The summed E-state index contributed by atoms with van der Waals surface area (Å²) >= 11 is 0. The molecule has 0 atom stereocenters. The van der Waals surface area contributed by atoms with Crippen molar-refractivity contribution < 1.29 is 9.21 Å². The van der Waals surface area contributed by atoms with Gasteiger partial charge in [0, 0.05) is 12.0 Å². The molecule has 3 nitrogen and oxygen atoms in total. The molecular formula is C13H19NO2. The van der Waals surface area contributed by atoms with Gasteiger partial charge in [0.15, 0.2) is 5.78 Å². The second-order valence-electron chi connectivity index (χ2n) is 4.74. The number of Topliss-reactive ketones (excluding diaryl/α,β-unsaturated/α-hetero) is 1. The summed E-state index contributed by atoms with van der Waals surface area (Å²) in [6, 6.07) is 1.74. The molecule has 0 bridgehead atoms. The second-order valence-corrected chi connectivity index (χ2v) is 4.74. The summed E-state index contributed by atoms with van der Waals surface area (Å²) in [6.07, 6.45) is 9.60. The Bertz CT molecular complexity index is 335. The lowest BCUT2D eigenvalue weighted by Crippen LogP contribution is -2.38. The van der Waals surface area contributed by atoms with E-state index in [1.165, 1.54) is 19.1 Å². The molecule has 0 unspecified atom stereocenters. The first-order chi connectivity index (χ1) is 7.78. The van der Waals surface area contributed by atoms with E-state index < -0.39 is 0 Å². The molecule has 2 N–H and O–H groups in total. The fourth-order valence-corrected chi connectivity index (χ4v) is 2.63. The summed E-state index contributed by atoms with van der Waals surface area (Å²) in [6.45, 7) is 0.455. The van der Waals surface area contributed by atoms with E-state index >= 15 is 0 Å². The molecule has 0 saturated heterocycles. The molecule has 1 aromatic rings. The quantitative estimate of drug-likeness (QED) is 0.630. The summed E-state index contributed by atoms with van der Waals surface area (Å²) in [5, 5.41) is 0. The molecule has 0 amide bonds. The van der Waals surface area contributed by atoms with Crippen molar-refractivity contribution in [1.82, 2.24) is 0 Å². The van der Waals surface area contributed by atoms with E-state index in [0.717, 1.165) is 25.7 Å². The first-order valence-corrected chi connectivity index (χ1v) is 6.06. The standard InChI is InChI=1S/C13H19NO2/c14-10-13(6-3-1-2-4-7-13)12(15)11-5-8-16-9-11/h5,8-9H,1-4,6-7,10,14H2. The SMILES string of the molecule is NCC1(C(=O)c2ccoc2)CCCCCC1. The van der Waals surface area contributed by atoms with Gasteiger partial charge in [0.05, 0.1) is 11.8 Å². The van der Waals surface area contributed by atoms with E-state index in [1.54, 1.807) is 12.3 Å². The molecule has 3 heteroatoms. The molecule has 0 aliphatic heterocycles. The van der Waals surface area contributed by atoms with Crippen LogP contribution in [0.25, 0.3) is 0 Å². The molecule has 1 aromatic heterocycles. The number of rotatable bonds is 3. The van der Waals surface area contributed by atoms with Crippen LogP contribution in [0.1, 0.15) is 48.9 Å². The van der Waals surface area contributed by atoms with Crippen LogP contribution in [-0.2, 0) is 0 Å². The molecule has 88 valence electrons. The zero-order valence-corrected chi connectivity index (χ0v) is 9.58. The predicted molar refractivity (Wildman–Crippen MR) is 62.2 cm³/mol. The summed E-state index contributed by atoms with van der Waals surface area (Å²) in [4.78, 5) is 12.4. The number of ketones is 1. The van der Waals surface area contributed by atoms with Crippen LogP contribution in [0.15, 0.2) is 23.0 Å². The molecule has 0 radical (unpaired) electrons. The molecule has 1 fully saturated rings. The average molecular weight is 221 g/mol. The Balaban J connectivity index is 2.22. The summed E-state index contributed by atoms with van der Waals surface area (Å²) in [5.74, 6) is 0.172. The lowest BCUT2D eigenvalue weighted by Gasteiger charge is -2.29. The van der Waals surface area contributed by atoms with Crippen LogP contribution >= 0.6 is 0 Å². The van der Waals surface area contributed by atoms with Gasteiger partial charge in [0.25, 0.3) is 0 Å². The largest absolute Gasteiger partial charge is 0.472 e. The first kappa shape index (κ1) is 11.4. The lowest BCUT2D eigenvalue weighted by molar-refractivity contribution is 0.0773. The topological polar surface area (TPSA) is 56.2 Å². The maximum atomic E-state index is 12.4. The Hall–Kier alpha value is -1.09. The Morgan fingerprint density at radius 3 is 2.50 bits per heavy atom. The Labute approximate surface area is 96.0 Å². The van der Waals surface area contributed by atoms with Crippen LogP contribution in [0.2, 0.25) is 0 Å². The highest BCUT2D eigenvalue weighted by Gasteiger charge is 2.37. The molecular weight excluding hydrogens is 202 g/mol. The van der Waals surface area contributed by atoms with Crippen molar-refractivity contribution in [3.05, 3.63) is 24.2 Å². The maximum absolute atomic E-state index is 12.4. The van der Waals surface area contributed by atoms with E-state index in [2.05, 4.69) is 0 Å². The normalized spacial score (nSPS) is 20.3. The monoisotopic (exact) mass is 221 g/mol. The summed E-state index contributed by atoms with van der Waals surface area (Å²) in [5.41, 5.74) is 6.20. The molecule has 1 saturated carbocycles. The van der Waals surface area contributed by atoms with Gasteiger partial charge in [0.1, 0.15) is 6.26 Å². The molecule has 1 aliphatic carbocycles. The van der Waals surface area contributed by atoms with Crippen molar-refractivity contribution in [2.45, 2.75) is 38.5 Å². The van der Waals surface area contributed by atoms with Crippen LogP contribution in [0.5, 0.6) is 0 Å². The predicted octanol–water partition coefficient (Wildman–Crippen LogP) is 2.76. The van der Waals surface area contributed by atoms with Crippen LogP contribution in [0.4, 0.5) is 0 Å². The van der Waals surface area contributed by atoms with Gasteiger partial charge in [-0.05, 0) is 18.9 Å². The van der Waals surface area contributed by atoms with Crippen LogP contribution in [0.3, 0.4) is 0 Å². The number of furan rings is 1. The van der Waals surface area contributed by atoms with Crippen molar-refractivity contribution in [2.75, 3.05) is 6.54 Å². The lowest BCUT2D eigenvalue weighted by atomic mass is 9.75. The van der Waals surface area contributed by atoms with Gasteiger partial charge in [-0.1, -0.05) is 25.7 Å². The number of hydrogen-bond donors (Lipinski definition) is 1. The van der Waals surface area contributed by atoms with E-state index in [4.69, 9.17) is 10.2 Å². The van der Waals surface area contributed by atoms with Crippen molar-refractivity contribution in [1.29, 1.82) is 0 Å². The zero-order chi connectivity index (χ0) is 11.4. The minimum absolute atomic E-state index is 0.172. The fourth-order valence-electron chi connectivity index (χ4n) is 2.63. The summed E-state index contributed by atoms with van der Waals surface area (Å²) in [7, 11) is 0. The number of hydrogen-bond acceptors (Lipinski definition) is 3. The number of carbonyl (C=O) groups is 1. The van der Waals surface area contributed by atoms with Gasteiger partial charge in [0.2, 0.25) is 0 Å². The smallest absolute Gasteiger partial charge is 0.173 e. The molecule has 16 heavy (non-hydrogen) atoms. The van der Waals surface area contributed by atoms with Crippen molar-refractivity contribution in [2.24, 2.45) is 11.1 Å². The maximum Gasteiger partial charge on any atom is 0.173 e. The molecule has 1 aliphatic rings. The average Bonchev–Trinajstić information content (AvgIpc) is 2.73. The highest BCUT2D eigenvalue weighted by atomic mass is 16.3. The van der Waals surface area contributed by atoms with Gasteiger partial charge in [-0.25, -0.2) is 0 Å². The van der Waals surface area contributed by atoms with E-state index in [0.29, 0.717) is 12.1 Å². The Morgan fingerprint density at radius 2 is 2.00 bits per heavy atom. The van der Waals surface area contributed by atoms with Crippen LogP contribution in [0, 0.1) is 5.41 Å². The second kappa shape index (κ2) is 4.83. The Morgan fingerprint density at radius 1 is 1.31 bits per heavy atom. The fraction of sp³-hybridized carbons (Fsp3) is 0.615. The van der Waals surface area contributed by atoms with E-state index in [1.807, 2.05) is 0 Å². The van der Waals surface area contributed by atoms with Crippen LogP contribution in [-0.4, -0.2) is 12.3 Å². The van der Waals surface area contributed by atoms with Gasteiger partial charge in [-0.3, -0.25) is 4.79 Å².